The Bertz CT molecular complexity index is 573. The molecule has 0 N–H and O–H groups in total. The van der Waals surface area contributed by atoms with Crippen LogP contribution < -0.4 is 0 Å². The summed E-state index contributed by atoms with van der Waals surface area (Å²) in [5.41, 5.74) is 0.704. The molecule has 3 nitrogen and oxygen atoms in total. The Labute approximate surface area is 122 Å². The van der Waals surface area contributed by atoms with Gasteiger partial charge < -0.3 is 4.57 Å². The van der Waals surface area contributed by atoms with Crippen LogP contribution in [0.15, 0.2) is 30.6 Å². The van der Waals surface area contributed by atoms with Crippen molar-refractivity contribution in [2.24, 2.45) is 7.05 Å². The highest BCUT2D eigenvalue weighted by molar-refractivity contribution is 6.36. The first-order chi connectivity index (χ1) is 9.08. The molecule has 0 saturated heterocycles. The van der Waals surface area contributed by atoms with E-state index < -0.39 is 0 Å². The summed E-state index contributed by atoms with van der Waals surface area (Å²) in [6.45, 7) is 0. The summed E-state index contributed by atoms with van der Waals surface area (Å²) in [6.07, 6.45) is 4.93. The first-order valence-corrected chi connectivity index (χ1v) is 6.74. The van der Waals surface area contributed by atoms with Gasteiger partial charge in [-0.15, -0.1) is 0 Å². The molecule has 2 rings (SSSR count). The maximum Gasteiger partial charge on any atom is 0.137 e. The second-order valence-corrected chi connectivity index (χ2v) is 5.18. The van der Waals surface area contributed by atoms with E-state index in [1.807, 2.05) is 17.8 Å². The van der Waals surface area contributed by atoms with Crippen LogP contribution in [0.1, 0.15) is 17.8 Å². The van der Waals surface area contributed by atoms with Crippen LogP contribution in [0.2, 0.25) is 10.0 Å². The van der Waals surface area contributed by atoms with Gasteiger partial charge in [0, 0.05) is 48.7 Å². The number of imidazole rings is 1. The summed E-state index contributed by atoms with van der Waals surface area (Å²) in [4.78, 5) is 16.2. The molecule has 5 heteroatoms. The minimum atomic E-state index is 0.109. The molecule has 0 fully saturated rings. The first-order valence-electron chi connectivity index (χ1n) is 5.98. The van der Waals surface area contributed by atoms with E-state index >= 15 is 0 Å². The van der Waals surface area contributed by atoms with Crippen molar-refractivity contribution < 1.29 is 4.79 Å². The topological polar surface area (TPSA) is 34.9 Å². The number of carbonyl (C=O) groups excluding carboxylic acids is 1. The van der Waals surface area contributed by atoms with E-state index in [-0.39, 0.29) is 12.2 Å². The zero-order valence-corrected chi connectivity index (χ0v) is 12.1. The molecule has 1 aromatic carbocycles. The molecule has 1 aromatic heterocycles. The van der Waals surface area contributed by atoms with Gasteiger partial charge in [0.1, 0.15) is 11.6 Å². The maximum absolute atomic E-state index is 12.0. The van der Waals surface area contributed by atoms with E-state index in [2.05, 4.69) is 4.98 Å². The lowest BCUT2D eigenvalue weighted by molar-refractivity contribution is -0.118. The number of nitrogens with zero attached hydrogens (tertiary/aromatic N) is 2. The molecule has 0 bridgehead atoms. The molecule has 0 saturated carbocycles. The molecule has 0 radical (unpaired) electrons. The Morgan fingerprint density at radius 2 is 2.00 bits per heavy atom. The Balaban J connectivity index is 1.97. The minimum Gasteiger partial charge on any atom is -0.338 e. The van der Waals surface area contributed by atoms with Crippen molar-refractivity contribution in [3.05, 3.63) is 52.0 Å². The number of aryl methyl sites for hydroxylation is 2. The van der Waals surface area contributed by atoms with Crippen LogP contribution in [-0.4, -0.2) is 15.3 Å². The predicted molar refractivity (Wildman–Crippen MR) is 76.7 cm³/mol. The van der Waals surface area contributed by atoms with E-state index in [1.54, 1.807) is 24.4 Å². The van der Waals surface area contributed by atoms with Crippen LogP contribution in [0.5, 0.6) is 0 Å². The lowest BCUT2D eigenvalue weighted by Crippen LogP contribution is -2.07. The molecule has 0 atom stereocenters. The lowest BCUT2D eigenvalue weighted by atomic mass is 10.1. The third kappa shape index (κ3) is 3.58. The predicted octanol–water partition coefficient (Wildman–Crippen LogP) is 3.47. The van der Waals surface area contributed by atoms with Crippen LogP contribution in [0.3, 0.4) is 0 Å². The van der Waals surface area contributed by atoms with Crippen LogP contribution >= 0.6 is 23.2 Å². The molecule has 0 amide bonds. The summed E-state index contributed by atoms with van der Waals surface area (Å²) in [7, 11) is 1.91. The van der Waals surface area contributed by atoms with E-state index in [1.165, 1.54) is 0 Å². The average molecular weight is 297 g/mol. The fourth-order valence-electron chi connectivity index (χ4n) is 1.88. The Morgan fingerprint density at radius 1 is 1.32 bits per heavy atom. The standard InChI is InChI=1S/C14H14Cl2N2O/c1-18-8-7-17-14(18)6-5-10(19)9-11-12(15)3-2-4-13(11)16/h2-4,7-8H,5-6,9H2,1H3. The number of ketones is 1. The number of hydrogen-bond donors (Lipinski definition) is 0. The van der Waals surface area contributed by atoms with E-state index in [0.717, 1.165) is 5.82 Å². The molecule has 0 spiro atoms. The van der Waals surface area contributed by atoms with Gasteiger partial charge in [-0.25, -0.2) is 4.98 Å². The zero-order valence-electron chi connectivity index (χ0n) is 10.6. The number of Topliss-reactive ketones (excluding diaryl/α,β-unsaturated/α-hetero) is 1. The van der Waals surface area contributed by atoms with Gasteiger partial charge >= 0.3 is 0 Å². The highest BCUT2D eigenvalue weighted by Gasteiger charge is 2.11. The van der Waals surface area contributed by atoms with Crippen molar-refractivity contribution >= 4 is 29.0 Å². The molecule has 19 heavy (non-hydrogen) atoms. The average Bonchev–Trinajstić information content (AvgIpc) is 2.77. The largest absolute Gasteiger partial charge is 0.338 e. The number of benzene rings is 1. The summed E-state index contributed by atoms with van der Waals surface area (Å²) < 4.78 is 1.91. The number of rotatable bonds is 5. The van der Waals surface area contributed by atoms with Gasteiger partial charge in [-0.05, 0) is 17.7 Å². The van der Waals surface area contributed by atoms with Crippen molar-refractivity contribution in [1.29, 1.82) is 0 Å². The van der Waals surface area contributed by atoms with E-state index in [4.69, 9.17) is 23.2 Å². The van der Waals surface area contributed by atoms with Gasteiger partial charge in [0.05, 0.1) is 0 Å². The highest BCUT2D eigenvalue weighted by atomic mass is 35.5. The van der Waals surface area contributed by atoms with Crippen LogP contribution in [0.4, 0.5) is 0 Å². The summed E-state index contributed by atoms with van der Waals surface area (Å²) >= 11 is 12.1. The normalized spacial score (nSPS) is 10.7. The molecular weight excluding hydrogens is 283 g/mol. The summed E-state index contributed by atoms with van der Waals surface area (Å²) in [5, 5.41) is 1.08. The molecule has 0 aliphatic heterocycles. The maximum atomic E-state index is 12.0. The minimum absolute atomic E-state index is 0.109. The quantitative estimate of drug-likeness (QED) is 0.847. The van der Waals surface area contributed by atoms with Crippen molar-refractivity contribution in [3.8, 4) is 0 Å². The van der Waals surface area contributed by atoms with Crippen molar-refractivity contribution in [1.82, 2.24) is 9.55 Å². The Hall–Kier alpha value is -1.32. The Kier molecular flexibility index (Phi) is 4.61. The van der Waals surface area contributed by atoms with Gasteiger partial charge in [-0.1, -0.05) is 29.3 Å². The van der Waals surface area contributed by atoms with Crippen LogP contribution in [-0.2, 0) is 24.7 Å². The van der Waals surface area contributed by atoms with Gasteiger partial charge in [0.15, 0.2) is 0 Å². The number of aromatic nitrogens is 2. The van der Waals surface area contributed by atoms with Gasteiger partial charge in [-0.3, -0.25) is 4.79 Å². The molecule has 2 aromatic rings. The highest BCUT2D eigenvalue weighted by Crippen LogP contribution is 2.25. The Morgan fingerprint density at radius 3 is 2.58 bits per heavy atom. The third-order valence-electron chi connectivity index (χ3n) is 2.98. The SMILES string of the molecule is Cn1ccnc1CCC(=O)Cc1c(Cl)cccc1Cl. The molecule has 0 aliphatic rings. The molecule has 1 heterocycles. The fraction of sp³-hybridized carbons (Fsp3) is 0.286. The van der Waals surface area contributed by atoms with E-state index in [0.29, 0.717) is 28.5 Å². The second kappa shape index (κ2) is 6.22. The van der Waals surface area contributed by atoms with Gasteiger partial charge in [0.2, 0.25) is 0 Å². The van der Waals surface area contributed by atoms with E-state index in [9.17, 15) is 4.79 Å². The van der Waals surface area contributed by atoms with Gasteiger partial charge in [0.25, 0.3) is 0 Å². The zero-order chi connectivity index (χ0) is 13.8. The number of carbonyl (C=O) groups is 1. The summed E-state index contributed by atoms with van der Waals surface area (Å²) in [5.74, 6) is 1.01. The van der Waals surface area contributed by atoms with Crippen LogP contribution in [0.25, 0.3) is 0 Å². The fourth-order valence-corrected chi connectivity index (χ4v) is 2.41. The number of hydrogen-bond acceptors (Lipinski definition) is 2. The monoisotopic (exact) mass is 296 g/mol. The second-order valence-electron chi connectivity index (χ2n) is 4.37. The van der Waals surface area contributed by atoms with Crippen LogP contribution in [0, 0.1) is 0 Å². The smallest absolute Gasteiger partial charge is 0.137 e. The molecule has 100 valence electrons. The lowest BCUT2D eigenvalue weighted by Gasteiger charge is -2.06. The van der Waals surface area contributed by atoms with Crippen molar-refractivity contribution in [3.63, 3.8) is 0 Å². The van der Waals surface area contributed by atoms with Crippen molar-refractivity contribution in [2.75, 3.05) is 0 Å². The first kappa shape index (κ1) is 14.1. The third-order valence-corrected chi connectivity index (χ3v) is 3.69. The van der Waals surface area contributed by atoms with Crippen molar-refractivity contribution in [2.45, 2.75) is 19.3 Å². The summed E-state index contributed by atoms with van der Waals surface area (Å²) in [6, 6.07) is 5.26. The molecule has 0 aliphatic carbocycles. The van der Waals surface area contributed by atoms with Gasteiger partial charge in [-0.2, -0.15) is 0 Å². The number of halogens is 2. The molecular formula is C14H14Cl2N2O. The molecule has 0 unspecified atom stereocenters.